The van der Waals surface area contributed by atoms with Gasteiger partial charge in [-0.25, -0.2) is 4.98 Å². The third kappa shape index (κ3) is 4.48. The van der Waals surface area contributed by atoms with Crippen molar-refractivity contribution < 1.29 is 13.2 Å². The number of alkyl halides is 3. The highest BCUT2D eigenvalue weighted by Crippen LogP contribution is 2.30. The SMILES string of the molecule is Cl.FC(F)(F)c1ccc(CSc2nc(Cl)c(Cl)[nH]2)cc1. The molecular formula is C11H8Cl3F3N2S. The summed E-state index contributed by atoms with van der Waals surface area (Å²) in [6.45, 7) is 0. The Hall–Kier alpha value is -0.560. The molecule has 0 saturated heterocycles. The second-order valence-electron chi connectivity index (χ2n) is 3.63. The molecule has 2 nitrogen and oxygen atoms in total. The van der Waals surface area contributed by atoms with Gasteiger partial charge in [-0.2, -0.15) is 13.2 Å². The third-order valence-corrected chi connectivity index (χ3v) is 3.84. The Labute approximate surface area is 133 Å². The zero-order chi connectivity index (χ0) is 14.0. The average molecular weight is 364 g/mol. The van der Waals surface area contributed by atoms with Crippen molar-refractivity contribution in [2.45, 2.75) is 17.1 Å². The van der Waals surface area contributed by atoms with Crippen molar-refractivity contribution in [1.82, 2.24) is 9.97 Å². The fourth-order valence-electron chi connectivity index (χ4n) is 1.32. The van der Waals surface area contributed by atoms with Crippen molar-refractivity contribution >= 4 is 47.4 Å². The van der Waals surface area contributed by atoms with E-state index in [1.165, 1.54) is 23.9 Å². The summed E-state index contributed by atoms with van der Waals surface area (Å²) in [5.41, 5.74) is 0.0898. The number of aromatic amines is 1. The molecule has 0 spiro atoms. The van der Waals surface area contributed by atoms with E-state index in [1.807, 2.05) is 0 Å². The Bertz CT molecular complexity index is 550. The summed E-state index contributed by atoms with van der Waals surface area (Å²) in [4.78, 5) is 6.70. The van der Waals surface area contributed by atoms with E-state index < -0.39 is 11.7 Å². The van der Waals surface area contributed by atoms with Gasteiger partial charge in [-0.1, -0.05) is 47.1 Å². The van der Waals surface area contributed by atoms with Gasteiger partial charge in [0.05, 0.1) is 5.56 Å². The molecule has 0 amide bonds. The number of imidazole rings is 1. The Balaban J connectivity index is 0.00000200. The Morgan fingerprint density at radius 3 is 2.20 bits per heavy atom. The number of halogens is 6. The largest absolute Gasteiger partial charge is 0.416 e. The molecule has 1 aromatic heterocycles. The van der Waals surface area contributed by atoms with Gasteiger partial charge in [0.25, 0.3) is 0 Å². The lowest BCUT2D eigenvalue weighted by atomic mass is 10.1. The molecule has 0 saturated carbocycles. The van der Waals surface area contributed by atoms with Crippen molar-refractivity contribution in [3.8, 4) is 0 Å². The first kappa shape index (κ1) is 17.5. The van der Waals surface area contributed by atoms with Crippen LogP contribution in [0.2, 0.25) is 10.3 Å². The van der Waals surface area contributed by atoms with Gasteiger partial charge in [0.1, 0.15) is 5.15 Å². The van der Waals surface area contributed by atoms with E-state index in [2.05, 4.69) is 9.97 Å². The lowest BCUT2D eigenvalue weighted by molar-refractivity contribution is -0.137. The standard InChI is InChI=1S/C11H7Cl2F3N2S.ClH/c12-8-9(13)18-10(17-8)19-5-6-1-3-7(4-2-6)11(14,15)16;/h1-4H,5H2,(H,17,18);1H. The molecule has 1 heterocycles. The van der Waals surface area contributed by atoms with Crippen LogP contribution in [0.4, 0.5) is 13.2 Å². The zero-order valence-electron chi connectivity index (χ0n) is 9.67. The Kier molecular flexibility index (Phi) is 6.06. The molecule has 0 aliphatic carbocycles. The second-order valence-corrected chi connectivity index (χ2v) is 5.33. The van der Waals surface area contributed by atoms with Crippen LogP contribution in [0.25, 0.3) is 0 Å². The minimum absolute atomic E-state index is 0. The summed E-state index contributed by atoms with van der Waals surface area (Å²) in [5.74, 6) is 0.471. The summed E-state index contributed by atoms with van der Waals surface area (Å²) < 4.78 is 37.1. The number of hydrogen-bond donors (Lipinski definition) is 1. The maximum Gasteiger partial charge on any atom is 0.416 e. The second kappa shape index (κ2) is 6.93. The highest BCUT2D eigenvalue weighted by atomic mass is 35.5. The molecule has 0 aliphatic heterocycles. The van der Waals surface area contributed by atoms with Gasteiger partial charge in [0.15, 0.2) is 10.3 Å². The maximum atomic E-state index is 12.4. The quantitative estimate of drug-likeness (QED) is 0.735. The first-order valence-electron chi connectivity index (χ1n) is 5.06. The molecule has 1 aromatic carbocycles. The fraction of sp³-hybridized carbons (Fsp3) is 0.182. The predicted octanol–water partition coefficient (Wildman–Crippen LogP) is 5.45. The lowest BCUT2D eigenvalue weighted by Crippen LogP contribution is -2.04. The number of hydrogen-bond acceptors (Lipinski definition) is 2. The normalized spacial score (nSPS) is 11.2. The van der Waals surface area contributed by atoms with Crippen molar-refractivity contribution in [1.29, 1.82) is 0 Å². The first-order valence-corrected chi connectivity index (χ1v) is 6.80. The van der Waals surface area contributed by atoms with Crippen LogP contribution in [-0.4, -0.2) is 9.97 Å². The number of rotatable bonds is 3. The number of nitrogens with zero attached hydrogens (tertiary/aromatic N) is 1. The number of thioether (sulfide) groups is 1. The molecule has 0 atom stereocenters. The van der Waals surface area contributed by atoms with Gasteiger partial charge in [-0.05, 0) is 17.7 Å². The summed E-state index contributed by atoms with van der Waals surface area (Å²) in [5, 5.41) is 0.947. The van der Waals surface area contributed by atoms with Gasteiger partial charge >= 0.3 is 6.18 Å². The highest BCUT2D eigenvalue weighted by molar-refractivity contribution is 7.98. The van der Waals surface area contributed by atoms with E-state index in [1.54, 1.807) is 0 Å². The maximum absolute atomic E-state index is 12.4. The molecule has 2 aromatic rings. The minimum atomic E-state index is -4.31. The molecule has 0 bridgehead atoms. The molecule has 0 aliphatic rings. The van der Waals surface area contributed by atoms with Gasteiger partial charge in [-0.3, -0.25) is 0 Å². The van der Waals surface area contributed by atoms with E-state index in [-0.39, 0.29) is 22.7 Å². The zero-order valence-corrected chi connectivity index (χ0v) is 12.8. The number of nitrogens with one attached hydrogen (secondary N) is 1. The van der Waals surface area contributed by atoms with Gasteiger partial charge in [0, 0.05) is 5.75 Å². The molecule has 110 valence electrons. The molecule has 20 heavy (non-hydrogen) atoms. The van der Waals surface area contributed by atoms with Crippen molar-refractivity contribution in [3.63, 3.8) is 0 Å². The van der Waals surface area contributed by atoms with Gasteiger partial charge in [0.2, 0.25) is 0 Å². The van der Waals surface area contributed by atoms with Crippen LogP contribution < -0.4 is 0 Å². The van der Waals surface area contributed by atoms with E-state index in [0.29, 0.717) is 10.9 Å². The smallest absolute Gasteiger partial charge is 0.323 e. The van der Waals surface area contributed by atoms with Crippen LogP contribution in [0.5, 0.6) is 0 Å². The van der Waals surface area contributed by atoms with Crippen LogP contribution in [0.15, 0.2) is 29.4 Å². The monoisotopic (exact) mass is 362 g/mol. The van der Waals surface area contributed by atoms with Gasteiger partial charge < -0.3 is 4.98 Å². The average Bonchev–Trinajstić information content (AvgIpc) is 2.66. The van der Waals surface area contributed by atoms with E-state index in [9.17, 15) is 13.2 Å². The molecular weight excluding hydrogens is 356 g/mol. The number of benzene rings is 1. The van der Waals surface area contributed by atoms with Crippen LogP contribution in [0, 0.1) is 0 Å². The van der Waals surface area contributed by atoms with E-state index in [0.717, 1.165) is 17.7 Å². The molecule has 1 N–H and O–H groups in total. The Morgan fingerprint density at radius 2 is 1.75 bits per heavy atom. The molecule has 9 heteroatoms. The van der Waals surface area contributed by atoms with Crippen molar-refractivity contribution in [3.05, 3.63) is 45.7 Å². The number of H-pyrrole nitrogens is 1. The van der Waals surface area contributed by atoms with Crippen molar-refractivity contribution in [2.24, 2.45) is 0 Å². The van der Waals surface area contributed by atoms with E-state index in [4.69, 9.17) is 23.2 Å². The highest BCUT2D eigenvalue weighted by Gasteiger charge is 2.29. The van der Waals surface area contributed by atoms with Crippen LogP contribution in [0.3, 0.4) is 0 Å². The Morgan fingerprint density at radius 1 is 1.15 bits per heavy atom. The van der Waals surface area contributed by atoms with Crippen LogP contribution in [-0.2, 0) is 11.9 Å². The van der Waals surface area contributed by atoms with Crippen LogP contribution >= 0.6 is 47.4 Å². The van der Waals surface area contributed by atoms with Crippen LogP contribution in [0.1, 0.15) is 11.1 Å². The number of aromatic nitrogens is 2. The summed E-state index contributed by atoms with van der Waals surface area (Å²) in [7, 11) is 0. The molecule has 0 fully saturated rings. The molecule has 0 radical (unpaired) electrons. The third-order valence-electron chi connectivity index (χ3n) is 2.25. The summed E-state index contributed by atoms with van der Waals surface area (Å²) >= 11 is 12.7. The fourth-order valence-corrected chi connectivity index (χ4v) is 2.52. The van der Waals surface area contributed by atoms with E-state index >= 15 is 0 Å². The van der Waals surface area contributed by atoms with Crippen molar-refractivity contribution in [2.75, 3.05) is 0 Å². The summed E-state index contributed by atoms with van der Waals surface area (Å²) in [6, 6.07) is 4.97. The first-order chi connectivity index (χ1) is 8.86. The topological polar surface area (TPSA) is 28.7 Å². The van der Waals surface area contributed by atoms with Gasteiger partial charge in [-0.15, -0.1) is 12.4 Å². The summed E-state index contributed by atoms with van der Waals surface area (Å²) in [6.07, 6.45) is -4.31. The minimum Gasteiger partial charge on any atom is -0.323 e. The lowest BCUT2D eigenvalue weighted by Gasteiger charge is -2.07. The predicted molar refractivity (Wildman–Crippen MR) is 76.9 cm³/mol. The molecule has 2 rings (SSSR count). The molecule has 0 unspecified atom stereocenters.